The number of benzene rings is 2. The van der Waals surface area contributed by atoms with Gasteiger partial charge in [0.1, 0.15) is 6.54 Å². The molecular formula is C24H17Cl3N2O4. The smallest absolute Gasteiger partial charge is 0.274 e. The first-order valence-corrected chi connectivity index (χ1v) is 11.5. The summed E-state index contributed by atoms with van der Waals surface area (Å²) in [5, 5.41) is 2.59. The molecule has 0 spiro atoms. The third-order valence-corrected chi connectivity index (χ3v) is 7.34. The van der Waals surface area contributed by atoms with Gasteiger partial charge in [-0.3, -0.25) is 19.2 Å². The van der Waals surface area contributed by atoms with Crippen molar-refractivity contribution in [3.8, 4) is 0 Å². The number of fused-ring (bicyclic) bond motifs is 5. The average molecular weight is 504 g/mol. The molecular weight excluding hydrogens is 487 g/mol. The number of carbonyl (C=O) groups excluding carboxylic acids is 4. The summed E-state index contributed by atoms with van der Waals surface area (Å²) in [7, 11) is 0. The van der Waals surface area contributed by atoms with Crippen LogP contribution < -0.4 is 0 Å². The van der Waals surface area contributed by atoms with Crippen LogP contribution in [0.5, 0.6) is 0 Å². The minimum atomic E-state index is -0.735. The Morgan fingerprint density at radius 2 is 1.45 bits per heavy atom. The molecule has 0 radical (unpaired) electrons. The minimum absolute atomic E-state index is 0.0312. The highest BCUT2D eigenvalue weighted by Crippen LogP contribution is 2.52. The molecule has 3 aliphatic rings. The summed E-state index contributed by atoms with van der Waals surface area (Å²) >= 11 is 18.1. The predicted molar refractivity (Wildman–Crippen MR) is 123 cm³/mol. The average Bonchev–Trinajstić information content (AvgIpc) is 3.46. The molecule has 5 rings (SSSR count). The van der Waals surface area contributed by atoms with E-state index in [1.165, 1.54) is 30.3 Å². The fraction of sp³-hybridized carbons (Fsp3) is 0.250. The summed E-state index contributed by atoms with van der Waals surface area (Å²) < 4.78 is 0. The van der Waals surface area contributed by atoms with Crippen LogP contribution in [-0.2, 0) is 9.59 Å². The first-order chi connectivity index (χ1) is 15.8. The summed E-state index contributed by atoms with van der Waals surface area (Å²) in [5.74, 6) is -3.24. The number of imide groups is 1. The van der Waals surface area contributed by atoms with Crippen molar-refractivity contribution in [3.63, 3.8) is 0 Å². The molecule has 1 saturated carbocycles. The van der Waals surface area contributed by atoms with Gasteiger partial charge in [-0.25, -0.2) is 5.01 Å². The number of carbonyl (C=O) groups is 4. The quantitative estimate of drug-likeness (QED) is 0.337. The molecule has 6 nitrogen and oxygen atoms in total. The van der Waals surface area contributed by atoms with Crippen molar-refractivity contribution < 1.29 is 19.2 Å². The lowest BCUT2D eigenvalue weighted by Gasteiger charge is -2.31. The predicted octanol–water partition coefficient (Wildman–Crippen LogP) is 4.69. The van der Waals surface area contributed by atoms with Crippen LogP contribution in [0.3, 0.4) is 0 Å². The molecule has 1 aliphatic heterocycles. The Bertz CT molecular complexity index is 1200. The molecule has 0 unspecified atom stereocenters. The van der Waals surface area contributed by atoms with Crippen LogP contribution in [0.25, 0.3) is 0 Å². The van der Waals surface area contributed by atoms with Crippen molar-refractivity contribution in [2.24, 2.45) is 23.7 Å². The Morgan fingerprint density at radius 1 is 0.879 bits per heavy atom. The maximum Gasteiger partial charge on any atom is 0.274 e. The van der Waals surface area contributed by atoms with E-state index in [-0.39, 0.29) is 22.4 Å². The Labute approximate surface area is 204 Å². The second-order valence-electron chi connectivity index (χ2n) is 8.41. The number of Topliss-reactive ketones (excluding diaryl/α,β-unsaturated/α-hetero) is 1. The normalized spacial score (nSPS) is 25.0. The van der Waals surface area contributed by atoms with Crippen LogP contribution in [0.2, 0.25) is 15.1 Å². The van der Waals surface area contributed by atoms with E-state index < -0.39 is 41.9 Å². The number of halogens is 3. The van der Waals surface area contributed by atoms with Gasteiger partial charge in [0, 0.05) is 15.6 Å². The zero-order valence-electron chi connectivity index (χ0n) is 17.1. The number of hydrogen-bond acceptors (Lipinski definition) is 4. The molecule has 1 heterocycles. The van der Waals surface area contributed by atoms with Gasteiger partial charge in [0.05, 0.1) is 22.4 Å². The van der Waals surface area contributed by atoms with Gasteiger partial charge in [0.25, 0.3) is 17.7 Å². The van der Waals surface area contributed by atoms with Gasteiger partial charge in [-0.2, -0.15) is 5.01 Å². The lowest BCUT2D eigenvalue weighted by molar-refractivity contribution is -0.154. The van der Waals surface area contributed by atoms with Gasteiger partial charge in [-0.15, -0.1) is 0 Å². The van der Waals surface area contributed by atoms with E-state index in [0.717, 1.165) is 16.4 Å². The van der Waals surface area contributed by atoms with Gasteiger partial charge < -0.3 is 0 Å². The van der Waals surface area contributed by atoms with Crippen molar-refractivity contribution in [3.05, 3.63) is 80.8 Å². The van der Waals surface area contributed by atoms with E-state index in [1.54, 1.807) is 12.1 Å². The highest BCUT2D eigenvalue weighted by Gasteiger charge is 2.61. The molecule has 2 aromatic carbocycles. The van der Waals surface area contributed by atoms with Gasteiger partial charge >= 0.3 is 0 Å². The fourth-order valence-corrected chi connectivity index (χ4v) is 5.64. The second kappa shape index (κ2) is 8.28. The Balaban J connectivity index is 1.52. The minimum Gasteiger partial charge on any atom is -0.292 e. The second-order valence-corrected chi connectivity index (χ2v) is 9.69. The number of rotatable bonds is 5. The largest absolute Gasteiger partial charge is 0.292 e. The van der Waals surface area contributed by atoms with E-state index in [0.29, 0.717) is 15.6 Å². The monoisotopic (exact) mass is 502 g/mol. The number of allylic oxidation sites excluding steroid dienone is 2. The molecule has 4 atom stereocenters. The lowest BCUT2D eigenvalue weighted by Crippen LogP contribution is -2.52. The topological polar surface area (TPSA) is 74.8 Å². The van der Waals surface area contributed by atoms with Crippen LogP contribution in [0.4, 0.5) is 0 Å². The molecule has 1 saturated heterocycles. The third kappa shape index (κ3) is 3.66. The highest BCUT2D eigenvalue weighted by atomic mass is 35.5. The first-order valence-electron chi connectivity index (χ1n) is 10.4. The maximum atomic E-state index is 13.5. The summed E-state index contributed by atoms with van der Waals surface area (Å²) in [6, 6.07) is 10.4. The maximum absolute atomic E-state index is 13.5. The zero-order valence-corrected chi connectivity index (χ0v) is 19.3. The van der Waals surface area contributed by atoms with Crippen LogP contribution in [0, 0.1) is 23.7 Å². The van der Waals surface area contributed by atoms with Gasteiger partial charge in [0.15, 0.2) is 5.78 Å². The standard InChI is InChI=1S/C24H17Cl3N2O4/c25-15-5-3-12(4-6-15)19(30)11-28(22(31)17-8-7-16(26)10-18(17)27)29-23(32)20-13-1-2-14(9-13)21(20)24(29)33/h1-8,10,13-14,20-21H,9,11H2/t13-,14-,20+,21+/m0/s1. The Morgan fingerprint density at radius 3 is 2.03 bits per heavy atom. The Kier molecular flexibility index (Phi) is 5.55. The SMILES string of the molecule is O=C(CN(C(=O)c1ccc(Cl)cc1Cl)N1C(=O)[C@H]2[C@H](C1=O)[C@H]1C=C[C@H]2C1)c1ccc(Cl)cc1. The molecule has 168 valence electrons. The van der Waals surface area contributed by atoms with Crippen molar-refractivity contribution in [2.45, 2.75) is 6.42 Å². The zero-order chi connectivity index (χ0) is 23.4. The van der Waals surface area contributed by atoms with Crippen molar-refractivity contribution >= 4 is 58.3 Å². The van der Waals surface area contributed by atoms with Crippen LogP contribution in [0.15, 0.2) is 54.6 Å². The fourth-order valence-electron chi connectivity index (χ4n) is 5.02. The molecule has 0 aromatic heterocycles. The van der Waals surface area contributed by atoms with E-state index >= 15 is 0 Å². The van der Waals surface area contributed by atoms with E-state index in [1.807, 2.05) is 12.2 Å². The van der Waals surface area contributed by atoms with Crippen LogP contribution in [-0.4, -0.2) is 40.1 Å². The molecule has 2 bridgehead atoms. The molecule has 3 amide bonds. The first kappa shape index (κ1) is 22.1. The molecule has 33 heavy (non-hydrogen) atoms. The lowest BCUT2D eigenvalue weighted by atomic mass is 9.85. The number of hydrogen-bond donors (Lipinski definition) is 0. The van der Waals surface area contributed by atoms with E-state index in [2.05, 4.69) is 0 Å². The molecule has 9 heteroatoms. The van der Waals surface area contributed by atoms with E-state index in [4.69, 9.17) is 34.8 Å². The summed E-state index contributed by atoms with van der Waals surface area (Å²) in [5.41, 5.74) is 0.323. The van der Waals surface area contributed by atoms with Gasteiger partial charge in [-0.05, 0) is 60.7 Å². The number of nitrogens with zero attached hydrogens (tertiary/aromatic N) is 2. The third-order valence-electron chi connectivity index (χ3n) is 6.54. The summed E-state index contributed by atoms with van der Waals surface area (Å²) in [6.07, 6.45) is 4.67. The highest BCUT2D eigenvalue weighted by molar-refractivity contribution is 6.36. The molecule has 2 fully saturated rings. The van der Waals surface area contributed by atoms with Gasteiger partial charge in [0.2, 0.25) is 0 Å². The van der Waals surface area contributed by atoms with E-state index in [9.17, 15) is 19.2 Å². The van der Waals surface area contributed by atoms with Crippen molar-refractivity contribution in [1.29, 1.82) is 0 Å². The van der Waals surface area contributed by atoms with Gasteiger partial charge in [-0.1, -0.05) is 47.0 Å². The van der Waals surface area contributed by atoms with Crippen LogP contribution in [0.1, 0.15) is 27.1 Å². The molecule has 2 aliphatic carbocycles. The summed E-state index contributed by atoms with van der Waals surface area (Å²) in [4.78, 5) is 53.3. The molecule has 0 N–H and O–H groups in total. The van der Waals surface area contributed by atoms with Crippen molar-refractivity contribution in [1.82, 2.24) is 10.0 Å². The van der Waals surface area contributed by atoms with Crippen molar-refractivity contribution in [2.75, 3.05) is 6.54 Å². The number of amides is 3. The Hall–Kier alpha value is -2.67. The van der Waals surface area contributed by atoms with Crippen LogP contribution >= 0.6 is 34.8 Å². The number of hydrazine groups is 1. The number of ketones is 1. The molecule has 2 aromatic rings. The summed E-state index contributed by atoms with van der Waals surface area (Å²) in [6.45, 7) is -0.515.